The van der Waals surface area contributed by atoms with Gasteiger partial charge in [0.1, 0.15) is 11.5 Å². The fourth-order valence-corrected chi connectivity index (χ4v) is 3.24. The minimum absolute atomic E-state index is 0.00411. The van der Waals surface area contributed by atoms with Gasteiger partial charge in [-0.3, -0.25) is 4.79 Å². The topological polar surface area (TPSA) is 110 Å². The van der Waals surface area contributed by atoms with E-state index in [1.54, 1.807) is 63.6 Å². The first kappa shape index (κ1) is 23.5. The van der Waals surface area contributed by atoms with Crippen molar-refractivity contribution in [1.82, 2.24) is 15.6 Å². The lowest BCUT2D eigenvalue weighted by molar-refractivity contribution is 0.0950. The second kappa shape index (κ2) is 10.4. The third-order valence-electron chi connectivity index (χ3n) is 4.91. The zero-order chi connectivity index (χ0) is 24.0. The first-order valence-electron chi connectivity index (χ1n) is 10.0. The Bertz CT molecular complexity index is 1160. The minimum atomic E-state index is -1.18. The molecule has 0 unspecified atom stereocenters. The molecular formula is C24H24FN3O5. The molecule has 0 radical (unpaired) electrons. The van der Waals surface area contributed by atoms with E-state index >= 15 is 0 Å². The standard InChI is InChI=1S/C24H24FN3O5/c1-14-4-19(13-26-22(14)25)17-5-15(12-28-24(30)31)6-18(9-17)23(29)27-11-16-7-20(32-2)10-21(8-16)33-3/h4-10,13,28H,11-12H2,1-3H3,(H,27,29)(H,30,31). The van der Waals surface area contributed by atoms with Gasteiger partial charge in [0.05, 0.1) is 14.2 Å². The molecule has 0 saturated heterocycles. The second-order valence-electron chi connectivity index (χ2n) is 7.31. The van der Waals surface area contributed by atoms with Gasteiger partial charge in [-0.15, -0.1) is 0 Å². The number of aryl methyl sites for hydroxylation is 1. The summed E-state index contributed by atoms with van der Waals surface area (Å²) in [5.41, 5.74) is 3.26. The first-order valence-corrected chi connectivity index (χ1v) is 10.0. The van der Waals surface area contributed by atoms with Crippen LogP contribution in [0.25, 0.3) is 11.1 Å². The number of amides is 2. The molecule has 0 saturated carbocycles. The molecule has 9 heteroatoms. The van der Waals surface area contributed by atoms with Crippen molar-refractivity contribution in [1.29, 1.82) is 0 Å². The van der Waals surface area contributed by atoms with E-state index in [0.29, 0.717) is 39.3 Å². The Labute approximate surface area is 190 Å². The van der Waals surface area contributed by atoms with Crippen LogP contribution >= 0.6 is 0 Å². The Morgan fingerprint density at radius 2 is 1.55 bits per heavy atom. The number of benzene rings is 2. The van der Waals surface area contributed by atoms with Crippen molar-refractivity contribution in [2.75, 3.05) is 14.2 Å². The fourth-order valence-electron chi connectivity index (χ4n) is 3.24. The Morgan fingerprint density at radius 3 is 2.15 bits per heavy atom. The number of carboxylic acid groups (broad SMARTS) is 1. The van der Waals surface area contributed by atoms with E-state index < -0.39 is 12.0 Å². The van der Waals surface area contributed by atoms with E-state index in [0.717, 1.165) is 5.56 Å². The largest absolute Gasteiger partial charge is 0.497 e. The highest BCUT2D eigenvalue weighted by Crippen LogP contribution is 2.25. The normalized spacial score (nSPS) is 10.4. The number of hydrogen-bond acceptors (Lipinski definition) is 5. The van der Waals surface area contributed by atoms with Crippen LogP contribution in [-0.4, -0.2) is 36.3 Å². The molecule has 0 spiro atoms. The number of rotatable bonds is 8. The van der Waals surface area contributed by atoms with E-state index in [9.17, 15) is 14.0 Å². The molecular weight excluding hydrogens is 429 g/mol. The van der Waals surface area contributed by atoms with Gasteiger partial charge < -0.3 is 25.2 Å². The highest BCUT2D eigenvalue weighted by atomic mass is 19.1. The predicted octanol–water partition coefficient (Wildman–Crippen LogP) is 3.91. The molecule has 33 heavy (non-hydrogen) atoms. The van der Waals surface area contributed by atoms with Gasteiger partial charge in [0.25, 0.3) is 5.91 Å². The van der Waals surface area contributed by atoms with Gasteiger partial charge in [-0.1, -0.05) is 0 Å². The van der Waals surface area contributed by atoms with Gasteiger partial charge in [0, 0.05) is 42.0 Å². The predicted molar refractivity (Wildman–Crippen MR) is 120 cm³/mol. The van der Waals surface area contributed by atoms with Crippen molar-refractivity contribution in [3.8, 4) is 22.6 Å². The summed E-state index contributed by atoms with van der Waals surface area (Å²) in [4.78, 5) is 27.6. The van der Waals surface area contributed by atoms with Crippen molar-refractivity contribution in [3.05, 3.63) is 76.9 Å². The number of halogens is 1. The summed E-state index contributed by atoms with van der Waals surface area (Å²) < 4.78 is 24.1. The number of carbonyl (C=O) groups excluding carboxylic acids is 1. The number of pyridine rings is 1. The van der Waals surface area contributed by atoms with E-state index in [4.69, 9.17) is 14.6 Å². The number of nitrogens with zero attached hydrogens (tertiary/aromatic N) is 1. The average Bonchev–Trinajstić information content (AvgIpc) is 2.82. The molecule has 1 aromatic heterocycles. The molecule has 8 nitrogen and oxygen atoms in total. The lowest BCUT2D eigenvalue weighted by atomic mass is 9.99. The summed E-state index contributed by atoms with van der Waals surface area (Å²) >= 11 is 0. The van der Waals surface area contributed by atoms with Crippen LogP contribution in [0.15, 0.2) is 48.7 Å². The molecule has 0 fully saturated rings. The highest BCUT2D eigenvalue weighted by Gasteiger charge is 2.13. The highest BCUT2D eigenvalue weighted by molar-refractivity contribution is 5.95. The Kier molecular flexibility index (Phi) is 7.45. The van der Waals surface area contributed by atoms with Crippen molar-refractivity contribution in [2.45, 2.75) is 20.0 Å². The Balaban J connectivity index is 1.88. The third kappa shape index (κ3) is 6.19. The van der Waals surface area contributed by atoms with Crippen LogP contribution in [0.5, 0.6) is 11.5 Å². The molecule has 1 heterocycles. The molecule has 0 aliphatic rings. The molecule has 2 aromatic carbocycles. The van der Waals surface area contributed by atoms with E-state index in [-0.39, 0.29) is 19.0 Å². The van der Waals surface area contributed by atoms with E-state index in [1.165, 1.54) is 6.20 Å². The van der Waals surface area contributed by atoms with Crippen molar-refractivity contribution in [3.63, 3.8) is 0 Å². The number of carbonyl (C=O) groups is 2. The van der Waals surface area contributed by atoms with Crippen LogP contribution in [0.4, 0.5) is 9.18 Å². The summed E-state index contributed by atoms with van der Waals surface area (Å²) in [5.74, 6) is 0.264. The van der Waals surface area contributed by atoms with Crippen LogP contribution in [0.3, 0.4) is 0 Å². The molecule has 0 aliphatic carbocycles. The summed E-state index contributed by atoms with van der Waals surface area (Å²) in [7, 11) is 3.09. The molecule has 3 N–H and O–H groups in total. The number of methoxy groups -OCH3 is 2. The van der Waals surface area contributed by atoms with Gasteiger partial charge in [0.15, 0.2) is 0 Å². The Hall–Kier alpha value is -4.14. The third-order valence-corrected chi connectivity index (χ3v) is 4.91. The van der Waals surface area contributed by atoms with Crippen LogP contribution in [0, 0.1) is 12.9 Å². The molecule has 0 bridgehead atoms. The molecule has 2 amide bonds. The van der Waals surface area contributed by atoms with Crippen molar-refractivity contribution < 1.29 is 28.6 Å². The monoisotopic (exact) mass is 453 g/mol. The van der Waals surface area contributed by atoms with Crippen molar-refractivity contribution in [2.24, 2.45) is 0 Å². The van der Waals surface area contributed by atoms with Crippen molar-refractivity contribution >= 4 is 12.0 Å². The molecule has 0 atom stereocenters. The van der Waals surface area contributed by atoms with Crippen LogP contribution in [0.1, 0.15) is 27.0 Å². The Morgan fingerprint density at radius 1 is 0.909 bits per heavy atom. The summed E-state index contributed by atoms with van der Waals surface area (Å²) in [6, 6.07) is 11.9. The molecule has 172 valence electrons. The fraction of sp³-hybridized carbons (Fsp3) is 0.208. The zero-order valence-corrected chi connectivity index (χ0v) is 18.4. The molecule has 3 rings (SSSR count). The maximum atomic E-state index is 13.6. The summed E-state index contributed by atoms with van der Waals surface area (Å²) in [5, 5.41) is 14.1. The van der Waals surface area contributed by atoms with Gasteiger partial charge >= 0.3 is 6.09 Å². The SMILES string of the molecule is COc1cc(CNC(=O)c2cc(CNC(=O)O)cc(-c3cnc(F)c(C)c3)c2)cc(OC)c1. The maximum absolute atomic E-state index is 13.6. The van der Waals surface area contributed by atoms with Gasteiger partial charge in [-0.2, -0.15) is 4.39 Å². The van der Waals surface area contributed by atoms with Crippen LogP contribution < -0.4 is 20.1 Å². The van der Waals surface area contributed by atoms with Gasteiger partial charge in [0.2, 0.25) is 5.95 Å². The smallest absolute Gasteiger partial charge is 0.404 e. The minimum Gasteiger partial charge on any atom is -0.497 e. The number of nitrogens with one attached hydrogen (secondary N) is 2. The number of hydrogen-bond donors (Lipinski definition) is 3. The van der Waals surface area contributed by atoms with Crippen LogP contribution in [-0.2, 0) is 13.1 Å². The van der Waals surface area contributed by atoms with Gasteiger partial charge in [-0.25, -0.2) is 9.78 Å². The van der Waals surface area contributed by atoms with Gasteiger partial charge in [-0.05, 0) is 60.0 Å². The number of aromatic nitrogens is 1. The van der Waals surface area contributed by atoms with E-state index in [1.807, 2.05) is 0 Å². The summed E-state index contributed by atoms with van der Waals surface area (Å²) in [6.07, 6.45) is 0.189. The lowest BCUT2D eigenvalue weighted by Crippen LogP contribution is -2.24. The quantitative estimate of drug-likeness (QED) is 0.446. The van der Waals surface area contributed by atoms with Crippen LogP contribution in [0.2, 0.25) is 0 Å². The van der Waals surface area contributed by atoms with E-state index in [2.05, 4.69) is 15.6 Å². The summed E-state index contributed by atoms with van der Waals surface area (Å²) in [6.45, 7) is 1.82. The molecule has 3 aromatic rings. The zero-order valence-electron chi connectivity index (χ0n) is 18.4. The molecule has 0 aliphatic heterocycles. The second-order valence-corrected chi connectivity index (χ2v) is 7.31. The first-order chi connectivity index (χ1) is 15.8. The maximum Gasteiger partial charge on any atom is 0.404 e. The number of ether oxygens (including phenoxy) is 2. The average molecular weight is 453 g/mol. The lowest BCUT2D eigenvalue weighted by Gasteiger charge is -2.12.